The maximum atomic E-state index is 11.8. The number of amides is 1. The smallest absolute Gasteiger partial charge is 0.257 e. The van der Waals surface area contributed by atoms with E-state index in [0.29, 0.717) is 12.3 Å². The first kappa shape index (κ1) is 18.0. The van der Waals surface area contributed by atoms with E-state index in [-0.39, 0.29) is 12.5 Å². The highest BCUT2D eigenvalue weighted by Gasteiger charge is 2.06. The molecule has 0 aliphatic carbocycles. The van der Waals surface area contributed by atoms with Gasteiger partial charge in [0.2, 0.25) is 0 Å². The van der Waals surface area contributed by atoms with E-state index in [2.05, 4.69) is 42.3 Å². The Labute approximate surface area is 152 Å². The molecule has 124 valence electrons. The van der Waals surface area contributed by atoms with Gasteiger partial charge in [0.1, 0.15) is 5.75 Å². The van der Waals surface area contributed by atoms with E-state index < -0.39 is 0 Å². The largest absolute Gasteiger partial charge is 0.483 e. The number of hydrogen-bond donors (Lipinski definition) is 1. The fourth-order valence-electron chi connectivity index (χ4n) is 2.14. The van der Waals surface area contributed by atoms with Gasteiger partial charge in [-0.2, -0.15) is 5.10 Å². The molecule has 0 aliphatic rings. The normalized spacial score (nSPS) is 10.6. The quantitative estimate of drug-likeness (QED) is 0.663. The SMILES string of the molecule is Cc1cc(C)n(CCCNC(=O)COc2ccc(Br)cc2Br)n1. The Morgan fingerprint density at radius 3 is 2.74 bits per heavy atom. The Morgan fingerprint density at radius 1 is 1.30 bits per heavy atom. The molecule has 0 radical (unpaired) electrons. The molecule has 2 aromatic rings. The number of carbonyl (C=O) groups excluding carboxylic acids is 1. The van der Waals surface area contributed by atoms with Crippen LogP contribution in [-0.4, -0.2) is 28.8 Å². The number of aromatic nitrogens is 2. The van der Waals surface area contributed by atoms with Crippen molar-refractivity contribution >= 4 is 37.8 Å². The number of rotatable bonds is 7. The van der Waals surface area contributed by atoms with E-state index in [1.165, 1.54) is 0 Å². The van der Waals surface area contributed by atoms with Crippen LogP contribution in [0.25, 0.3) is 0 Å². The van der Waals surface area contributed by atoms with Crippen molar-refractivity contribution in [1.29, 1.82) is 0 Å². The molecule has 0 saturated heterocycles. The number of benzene rings is 1. The van der Waals surface area contributed by atoms with Crippen molar-refractivity contribution in [2.24, 2.45) is 0 Å². The van der Waals surface area contributed by atoms with E-state index >= 15 is 0 Å². The van der Waals surface area contributed by atoms with Crippen molar-refractivity contribution in [3.8, 4) is 5.75 Å². The van der Waals surface area contributed by atoms with Gasteiger partial charge in [-0.1, -0.05) is 15.9 Å². The Bertz CT molecular complexity index is 686. The van der Waals surface area contributed by atoms with Crippen molar-refractivity contribution < 1.29 is 9.53 Å². The van der Waals surface area contributed by atoms with Crippen molar-refractivity contribution in [2.75, 3.05) is 13.2 Å². The van der Waals surface area contributed by atoms with Gasteiger partial charge in [-0.25, -0.2) is 0 Å². The summed E-state index contributed by atoms with van der Waals surface area (Å²) in [4.78, 5) is 11.8. The van der Waals surface area contributed by atoms with Gasteiger partial charge in [0.25, 0.3) is 5.91 Å². The van der Waals surface area contributed by atoms with E-state index in [9.17, 15) is 4.79 Å². The molecule has 1 aromatic heterocycles. The second-order valence-corrected chi connectivity index (χ2v) is 6.99. The number of aryl methyl sites for hydroxylation is 3. The van der Waals surface area contributed by atoms with E-state index in [1.807, 2.05) is 42.8 Å². The molecule has 0 fully saturated rings. The van der Waals surface area contributed by atoms with Crippen LogP contribution in [0.4, 0.5) is 0 Å². The molecule has 1 amide bonds. The van der Waals surface area contributed by atoms with Gasteiger partial charge in [-0.3, -0.25) is 9.48 Å². The van der Waals surface area contributed by atoms with E-state index in [1.54, 1.807) is 0 Å². The summed E-state index contributed by atoms with van der Waals surface area (Å²) < 4.78 is 9.21. The van der Waals surface area contributed by atoms with Crippen LogP contribution in [0, 0.1) is 13.8 Å². The van der Waals surface area contributed by atoms with Gasteiger partial charge in [-0.05, 0) is 60.5 Å². The highest BCUT2D eigenvalue weighted by molar-refractivity contribution is 9.11. The summed E-state index contributed by atoms with van der Waals surface area (Å²) in [7, 11) is 0. The van der Waals surface area contributed by atoms with Crippen LogP contribution in [0.2, 0.25) is 0 Å². The zero-order valence-corrected chi connectivity index (χ0v) is 16.3. The average Bonchev–Trinajstić information content (AvgIpc) is 2.80. The number of nitrogens with zero attached hydrogens (tertiary/aromatic N) is 2. The molecule has 2 rings (SSSR count). The third kappa shape index (κ3) is 5.66. The van der Waals surface area contributed by atoms with Gasteiger partial charge in [0.15, 0.2) is 6.61 Å². The number of ether oxygens (including phenoxy) is 1. The fraction of sp³-hybridized carbons (Fsp3) is 0.375. The zero-order valence-electron chi connectivity index (χ0n) is 13.1. The second-order valence-electron chi connectivity index (χ2n) is 5.22. The molecule has 1 N–H and O–H groups in total. The van der Waals surface area contributed by atoms with Gasteiger partial charge in [0, 0.05) is 23.3 Å². The Kier molecular flexibility index (Phi) is 6.65. The first-order valence-electron chi connectivity index (χ1n) is 7.31. The number of carbonyl (C=O) groups is 1. The third-order valence-electron chi connectivity index (χ3n) is 3.22. The molecule has 5 nitrogen and oxygen atoms in total. The van der Waals surface area contributed by atoms with Gasteiger partial charge >= 0.3 is 0 Å². The number of nitrogens with one attached hydrogen (secondary N) is 1. The lowest BCUT2D eigenvalue weighted by Gasteiger charge is -2.09. The fourth-order valence-corrected chi connectivity index (χ4v) is 3.31. The molecule has 0 unspecified atom stereocenters. The van der Waals surface area contributed by atoms with Crippen molar-refractivity contribution in [1.82, 2.24) is 15.1 Å². The van der Waals surface area contributed by atoms with Crippen LogP contribution in [0.3, 0.4) is 0 Å². The highest BCUT2D eigenvalue weighted by Crippen LogP contribution is 2.27. The first-order chi connectivity index (χ1) is 11.0. The van der Waals surface area contributed by atoms with E-state index in [0.717, 1.165) is 33.3 Å². The van der Waals surface area contributed by atoms with Crippen LogP contribution >= 0.6 is 31.9 Å². The van der Waals surface area contributed by atoms with E-state index in [4.69, 9.17) is 4.74 Å². The lowest BCUT2D eigenvalue weighted by atomic mass is 10.3. The second kappa shape index (κ2) is 8.49. The summed E-state index contributed by atoms with van der Waals surface area (Å²) in [6.45, 7) is 5.40. The minimum atomic E-state index is -0.131. The predicted molar refractivity (Wildman–Crippen MR) is 96.7 cm³/mol. The van der Waals surface area contributed by atoms with Crippen LogP contribution in [0.5, 0.6) is 5.75 Å². The molecule has 7 heteroatoms. The average molecular weight is 445 g/mol. The molecule has 23 heavy (non-hydrogen) atoms. The lowest BCUT2D eigenvalue weighted by Crippen LogP contribution is -2.30. The molecule has 0 spiro atoms. The third-order valence-corrected chi connectivity index (χ3v) is 4.34. The monoisotopic (exact) mass is 443 g/mol. The standard InChI is InChI=1S/C16H19Br2N3O2/c1-11-8-12(2)21(20-11)7-3-6-19-16(22)10-23-15-5-4-13(17)9-14(15)18/h4-5,8-9H,3,6-7,10H2,1-2H3,(H,19,22). The lowest BCUT2D eigenvalue weighted by molar-refractivity contribution is -0.123. The molecule has 0 saturated carbocycles. The minimum absolute atomic E-state index is 0.000137. The summed E-state index contributed by atoms with van der Waals surface area (Å²) in [6, 6.07) is 7.60. The summed E-state index contributed by atoms with van der Waals surface area (Å²) >= 11 is 6.77. The van der Waals surface area contributed by atoms with Gasteiger partial charge < -0.3 is 10.1 Å². The predicted octanol–water partition coefficient (Wildman–Crippen LogP) is 3.61. The molecular formula is C16H19Br2N3O2. The maximum absolute atomic E-state index is 11.8. The molecule has 0 atom stereocenters. The van der Waals surface area contributed by atoms with Gasteiger partial charge in [0.05, 0.1) is 10.2 Å². The summed E-state index contributed by atoms with van der Waals surface area (Å²) in [5, 5.41) is 7.24. The number of hydrogen-bond acceptors (Lipinski definition) is 3. The Morgan fingerprint density at radius 2 is 2.09 bits per heavy atom. The first-order valence-corrected chi connectivity index (χ1v) is 8.90. The molecule has 1 aromatic carbocycles. The van der Waals surface area contributed by atoms with Crippen LogP contribution in [-0.2, 0) is 11.3 Å². The minimum Gasteiger partial charge on any atom is -0.483 e. The molecule has 0 bridgehead atoms. The van der Waals surface area contributed by atoms with Crippen LogP contribution < -0.4 is 10.1 Å². The Balaban J connectivity index is 1.68. The molecule has 0 aliphatic heterocycles. The topological polar surface area (TPSA) is 56.2 Å². The molecule has 1 heterocycles. The van der Waals surface area contributed by atoms with Crippen molar-refractivity contribution in [3.63, 3.8) is 0 Å². The summed E-state index contributed by atoms with van der Waals surface area (Å²) in [6.07, 6.45) is 0.829. The maximum Gasteiger partial charge on any atom is 0.257 e. The summed E-state index contributed by atoms with van der Waals surface area (Å²) in [5.74, 6) is 0.513. The van der Waals surface area contributed by atoms with Gasteiger partial charge in [-0.15, -0.1) is 0 Å². The van der Waals surface area contributed by atoms with Crippen molar-refractivity contribution in [2.45, 2.75) is 26.8 Å². The van der Waals surface area contributed by atoms with Crippen molar-refractivity contribution in [3.05, 3.63) is 44.6 Å². The zero-order chi connectivity index (χ0) is 16.8. The highest BCUT2D eigenvalue weighted by atomic mass is 79.9. The van der Waals surface area contributed by atoms with Crippen LogP contribution in [0.15, 0.2) is 33.2 Å². The summed E-state index contributed by atoms with van der Waals surface area (Å²) in [5.41, 5.74) is 2.15. The van der Waals surface area contributed by atoms with Crippen LogP contribution in [0.1, 0.15) is 17.8 Å². The molecular weight excluding hydrogens is 426 g/mol. The Hall–Kier alpha value is -1.34. The number of halogens is 2.